The van der Waals surface area contributed by atoms with Gasteiger partial charge >= 0.3 is 11.9 Å². The molecule has 29 heavy (non-hydrogen) atoms. The average molecular weight is 506 g/mol. The summed E-state index contributed by atoms with van der Waals surface area (Å²) in [5, 5.41) is 0. The molecule has 1 heterocycles. The molecule has 0 spiro atoms. The Morgan fingerprint density at radius 1 is 1.24 bits per heavy atom. The molecular weight excluding hydrogens is 486 g/mol. The van der Waals surface area contributed by atoms with Crippen molar-refractivity contribution < 1.29 is 32.2 Å². The average Bonchev–Trinajstić information content (AvgIpc) is 3.02. The van der Waals surface area contributed by atoms with Crippen LogP contribution in [0.15, 0.2) is 28.7 Å². The predicted molar refractivity (Wildman–Crippen MR) is 114 cm³/mol. The Bertz CT molecular complexity index is 1000. The van der Waals surface area contributed by atoms with E-state index < -0.39 is 22.0 Å². The van der Waals surface area contributed by atoms with Crippen LogP contribution in [0.1, 0.15) is 23.5 Å². The summed E-state index contributed by atoms with van der Waals surface area (Å²) in [4.78, 5) is 24.6. The van der Waals surface area contributed by atoms with Gasteiger partial charge in [-0.2, -0.15) is 0 Å². The first kappa shape index (κ1) is 23.2. The summed E-state index contributed by atoms with van der Waals surface area (Å²) in [5.41, 5.74) is 1.03. The van der Waals surface area contributed by atoms with Crippen LogP contribution in [0.3, 0.4) is 0 Å². The molecule has 2 rings (SSSR count). The smallest absolute Gasteiger partial charge is 0.351 e. The normalized spacial score (nSPS) is 11.0. The molecule has 8 nitrogen and oxygen atoms in total. The molecule has 11 heteroatoms. The molecule has 0 atom stereocenters. The van der Waals surface area contributed by atoms with E-state index in [9.17, 15) is 18.0 Å². The van der Waals surface area contributed by atoms with Gasteiger partial charge < -0.3 is 14.2 Å². The molecule has 1 aromatic carbocycles. The summed E-state index contributed by atoms with van der Waals surface area (Å²) in [6, 6.07) is 6.71. The number of carbonyl (C=O) groups is 2. The van der Waals surface area contributed by atoms with Crippen molar-refractivity contribution in [2.45, 2.75) is 13.8 Å². The van der Waals surface area contributed by atoms with E-state index in [1.807, 2.05) is 0 Å². The van der Waals surface area contributed by atoms with Crippen LogP contribution in [0.25, 0.3) is 10.4 Å². The van der Waals surface area contributed by atoms with Gasteiger partial charge in [-0.3, -0.25) is 4.72 Å². The molecule has 0 aliphatic heterocycles. The van der Waals surface area contributed by atoms with Crippen LogP contribution in [-0.2, 0) is 24.3 Å². The van der Waals surface area contributed by atoms with E-state index in [1.165, 1.54) is 14.0 Å². The summed E-state index contributed by atoms with van der Waals surface area (Å²) in [7, 11) is -2.19. The van der Waals surface area contributed by atoms with Crippen molar-refractivity contribution >= 4 is 54.9 Å². The summed E-state index contributed by atoms with van der Waals surface area (Å²) in [6.07, 6.45) is 0. The molecule has 0 radical (unpaired) electrons. The van der Waals surface area contributed by atoms with Crippen LogP contribution in [0.5, 0.6) is 5.75 Å². The lowest BCUT2D eigenvalue weighted by molar-refractivity contribution is -0.145. The molecule has 0 aliphatic rings. The minimum absolute atomic E-state index is 0.0573. The number of methoxy groups -OCH3 is 1. The zero-order valence-corrected chi connectivity index (χ0v) is 19.2. The van der Waals surface area contributed by atoms with Crippen molar-refractivity contribution in [2.75, 3.05) is 30.8 Å². The highest BCUT2D eigenvalue weighted by molar-refractivity contribution is 9.10. The number of nitrogens with one attached hydrogen (secondary N) is 1. The summed E-state index contributed by atoms with van der Waals surface area (Å²) >= 11 is 4.51. The number of esters is 2. The Hall–Kier alpha value is -2.11. The van der Waals surface area contributed by atoms with Crippen molar-refractivity contribution in [3.63, 3.8) is 0 Å². The van der Waals surface area contributed by atoms with Crippen LogP contribution in [0.4, 0.5) is 5.69 Å². The largest absolute Gasteiger partial charge is 0.479 e. The van der Waals surface area contributed by atoms with Gasteiger partial charge in [-0.05, 0) is 47.5 Å². The van der Waals surface area contributed by atoms with Crippen molar-refractivity contribution in [2.24, 2.45) is 0 Å². The number of ether oxygens (including phenoxy) is 3. The van der Waals surface area contributed by atoms with Gasteiger partial charge in [-0.25, -0.2) is 18.0 Å². The van der Waals surface area contributed by atoms with E-state index in [0.29, 0.717) is 20.6 Å². The minimum atomic E-state index is -3.43. The second kappa shape index (κ2) is 10.1. The highest BCUT2D eigenvalue weighted by atomic mass is 79.9. The number of hydrogen-bond donors (Lipinski definition) is 1. The first-order chi connectivity index (χ1) is 13.7. The van der Waals surface area contributed by atoms with Crippen LogP contribution in [0.2, 0.25) is 0 Å². The summed E-state index contributed by atoms with van der Waals surface area (Å²) in [6.45, 7) is 3.06. The predicted octanol–water partition coefficient (Wildman–Crippen LogP) is 3.67. The molecular formula is C18H20BrNO7S2. The van der Waals surface area contributed by atoms with Gasteiger partial charge in [-0.1, -0.05) is 12.1 Å². The first-order valence-electron chi connectivity index (χ1n) is 8.52. The number of rotatable bonds is 9. The topological polar surface area (TPSA) is 108 Å². The van der Waals surface area contributed by atoms with Gasteiger partial charge in [-0.15, -0.1) is 11.3 Å². The zero-order valence-electron chi connectivity index (χ0n) is 16.0. The fraction of sp³-hybridized carbons (Fsp3) is 0.333. The third kappa shape index (κ3) is 5.94. The van der Waals surface area contributed by atoms with Crippen LogP contribution in [-0.4, -0.2) is 46.4 Å². The van der Waals surface area contributed by atoms with Crippen LogP contribution < -0.4 is 9.46 Å². The zero-order chi connectivity index (χ0) is 21.6. The molecule has 0 amide bonds. The van der Waals surface area contributed by atoms with Crippen LogP contribution >= 0.6 is 27.3 Å². The maximum absolute atomic E-state index is 12.2. The van der Waals surface area contributed by atoms with Gasteiger partial charge in [0, 0.05) is 5.69 Å². The second-order valence-corrected chi connectivity index (χ2v) is 9.40. The van der Waals surface area contributed by atoms with Crippen molar-refractivity contribution in [1.29, 1.82) is 0 Å². The molecule has 0 aliphatic carbocycles. The summed E-state index contributed by atoms with van der Waals surface area (Å²) in [5.74, 6) is -1.09. The quantitative estimate of drug-likeness (QED) is 0.517. The number of anilines is 1. The Kier molecular flexibility index (Phi) is 8.05. The number of thiophene rings is 1. The molecule has 0 bridgehead atoms. The van der Waals surface area contributed by atoms with Gasteiger partial charge in [0.15, 0.2) is 17.2 Å². The lowest BCUT2D eigenvalue weighted by Gasteiger charge is -2.08. The van der Waals surface area contributed by atoms with Gasteiger partial charge in [0.05, 0.1) is 28.8 Å². The molecule has 0 unspecified atom stereocenters. The Balaban J connectivity index is 2.43. The molecule has 158 valence electrons. The number of halogens is 1. The highest BCUT2D eigenvalue weighted by Gasteiger charge is 2.25. The van der Waals surface area contributed by atoms with E-state index >= 15 is 0 Å². The van der Waals surface area contributed by atoms with Crippen LogP contribution in [0, 0.1) is 0 Å². The van der Waals surface area contributed by atoms with Gasteiger partial charge in [0.1, 0.15) is 0 Å². The number of sulfonamides is 1. The lowest BCUT2D eigenvalue weighted by Crippen LogP contribution is -2.15. The monoisotopic (exact) mass is 505 g/mol. The number of carbonyl (C=O) groups excluding carboxylic acids is 2. The van der Waals surface area contributed by atoms with Gasteiger partial charge in [0.2, 0.25) is 10.0 Å². The Morgan fingerprint density at radius 3 is 2.59 bits per heavy atom. The highest BCUT2D eigenvalue weighted by Crippen LogP contribution is 2.46. The summed E-state index contributed by atoms with van der Waals surface area (Å²) < 4.78 is 41.7. The second-order valence-electron chi connectivity index (χ2n) is 5.57. The number of benzene rings is 1. The maximum atomic E-state index is 12.2. The van der Waals surface area contributed by atoms with Gasteiger partial charge in [0.25, 0.3) is 0 Å². The van der Waals surface area contributed by atoms with E-state index in [0.717, 1.165) is 11.3 Å². The Labute approximate surface area is 181 Å². The molecule has 0 saturated carbocycles. The molecule has 0 saturated heterocycles. The fourth-order valence-electron chi connectivity index (χ4n) is 2.25. The number of hydrogen-bond acceptors (Lipinski definition) is 8. The van der Waals surface area contributed by atoms with Crippen molar-refractivity contribution in [3.8, 4) is 16.2 Å². The molecule has 0 fully saturated rings. The Morgan fingerprint density at radius 2 is 1.97 bits per heavy atom. The standard InChI is InChI=1S/C18H20BrNO7S2/c1-4-26-13(21)10-27-15-14(19)16(28-17(15)18(22)25-3)11-7-6-8-12(9-11)20-29(23,24)5-2/h6-9,20H,4-5,10H2,1-3H3. The van der Waals surface area contributed by atoms with E-state index in [1.54, 1.807) is 31.2 Å². The van der Waals surface area contributed by atoms with E-state index in [2.05, 4.69) is 20.7 Å². The SMILES string of the molecule is CCOC(=O)COc1c(C(=O)OC)sc(-c2cccc(NS(=O)(=O)CC)c2)c1Br. The van der Waals surface area contributed by atoms with E-state index in [-0.39, 0.29) is 29.6 Å². The third-order valence-corrected chi connectivity index (χ3v) is 7.12. The molecule has 1 aromatic heterocycles. The molecule has 1 N–H and O–H groups in total. The van der Waals surface area contributed by atoms with Crippen molar-refractivity contribution in [1.82, 2.24) is 0 Å². The van der Waals surface area contributed by atoms with E-state index in [4.69, 9.17) is 14.2 Å². The third-order valence-electron chi connectivity index (χ3n) is 3.60. The fourth-order valence-corrected chi connectivity index (χ4v) is 4.84. The maximum Gasteiger partial charge on any atom is 0.351 e. The molecule has 2 aromatic rings. The minimum Gasteiger partial charge on any atom is -0.479 e. The van der Waals surface area contributed by atoms with Crippen molar-refractivity contribution in [3.05, 3.63) is 33.6 Å². The first-order valence-corrected chi connectivity index (χ1v) is 11.8. The lowest BCUT2D eigenvalue weighted by atomic mass is 10.1.